The van der Waals surface area contributed by atoms with Crippen LogP contribution in [0.15, 0.2) is 24.3 Å². The minimum atomic E-state index is -1.04. The summed E-state index contributed by atoms with van der Waals surface area (Å²) in [6, 6.07) is 4.77. The lowest BCUT2D eigenvalue weighted by Crippen LogP contribution is -2.52. The molecule has 2 amide bonds. The molecule has 2 N–H and O–H groups in total. The third-order valence-electron chi connectivity index (χ3n) is 4.67. The Morgan fingerprint density at radius 2 is 1.87 bits per heavy atom. The van der Waals surface area contributed by atoms with Crippen LogP contribution in [0.25, 0.3) is 0 Å². The zero-order valence-corrected chi connectivity index (χ0v) is 17.4. The molecule has 1 aromatic carbocycles. The van der Waals surface area contributed by atoms with E-state index in [2.05, 4.69) is 5.32 Å². The fourth-order valence-corrected chi connectivity index (χ4v) is 3.33. The number of amides is 2. The second kappa shape index (κ2) is 10.6. The highest BCUT2D eigenvalue weighted by Crippen LogP contribution is 2.20. The molecule has 1 aliphatic heterocycles. The predicted molar refractivity (Wildman–Crippen MR) is 107 cm³/mol. The number of carbonyl (C=O) groups is 4. The van der Waals surface area contributed by atoms with Gasteiger partial charge in [-0.1, -0.05) is 26.0 Å². The fraction of sp³-hybridized carbons (Fsp3) is 0.524. The summed E-state index contributed by atoms with van der Waals surface area (Å²) >= 11 is 0. The van der Waals surface area contributed by atoms with Crippen LogP contribution in [0.3, 0.4) is 0 Å². The van der Waals surface area contributed by atoms with Crippen LogP contribution in [0.5, 0.6) is 5.75 Å². The smallest absolute Gasteiger partial charge is 0.408 e. The van der Waals surface area contributed by atoms with Crippen LogP contribution in [0.2, 0.25) is 0 Å². The molecule has 9 heteroatoms. The van der Waals surface area contributed by atoms with E-state index in [-0.39, 0.29) is 12.5 Å². The van der Waals surface area contributed by atoms with Gasteiger partial charge >= 0.3 is 18.0 Å². The normalized spacial score (nSPS) is 16.8. The van der Waals surface area contributed by atoms with E-state index in [1.807, 2.05) is 13.8 Å². The first-order valence-corrected chi connectivity index (χ1v) is 9.91. The largest absolute Gasteiger partial charge is 0.480 e. The highest BCUT2D eigenvalue weighted by molar-refractivity contribution is 5.89. The molecule has 164 valence electrons. The summed E-state index contributed by atoms with van der Waals surface area (Å²) in [5.74, 6) is -1.38. The van der Waals surface area contributed by atoms with Crippen LogP contribution in [-0.2, 0) is 25.7 Å². The van der Waals surface area contributed by atoms with Gasteiger partial charge in [0.2, 0.25) is 5.91 Å². The summed E-state index contributed by atoms with van der Waals surface area (Å²) < 4.78 is 10.1. The number of carbonyl (C=O) groups excluding carboxylic acids is 3. The Bertz CT molecular complexity index is 776. The number of aliphatic carboxylic acids is 1. The first kappa shape index (κ1) is 23.2. The van der Waals surface area contributed by atoms with E-state index in [9.17, 15) is 24.3 Å². The summed E-state index contributed by atoms with van der Waals surface area (Å²) in [4.78, 5) is 48.8. The zero-order valence-electron chi connectivity index (χ0n) is 17.4. The van der Waals surface area contributed by atoms with Crippen molar-refractivity contribution in [2.75, 3.05) is 6.54 Å². The molecule has 0 aromatic heterocycles. The van der Waals surface area contributed by atoms with Crippen LogP contribution in [0.4, 0.5) is 4.79 Å². The molecule has 0 bridgehead atoms. The van der Waals surface area contributed by atoms with Gasteiger partial charge in [-0.25, -0.2) is 9.59 Å². The minimum absolute atomic E-state index is 0.0315. The van der Waals surface area contributed by atoms with Gasteiger partial charge < -0.3 is 24.8 Å². The number of esters is 1. The van der Waals surface area contributed by atoms with Gasteiger partial charge in [0, 0.05) is 13.5 Å². The molecule has 1 aliphatic rings. The van der Waals surface area contributed by atoms with Crippen molar-refractivity contribution in [1.82, 2.24) is 10.2 Å². The zero-order chi connectivity index (χ0) is 22.3. The number of alkyl carbamates (subject to hydrolysis) is 1. The van der Waals surface area contributed by atoms with Crippen molar-refractivity contribution in [2.24, 2.45) is 5.92 Å². The molecule has 0 radical (unpaired) electrons. The van der Waals surface area contributed by atoms with E-state index in [0.717, 1.165) is 0 Å². The van der Waals surface area contributed by atoms with Crippen molar-refractivity contribution >= 4 is 23.9 Å². The number of carboxylic acid groups (broad SMARTS) is 1. The molecule has 1 aromatic rings. The van der Waals surface area contributed by atoms with Crippen molar-refractivity contribution in [1.29, 1.82) is 0 Å². The number of rotatable bonds is 8. The lowest BCUT2D eigenvalue weighted by atomic mass is 10.0. The number of carboxylic acids is 1. The third kappa shape index (κ3) is 6.75. The monoisotopic (exact) mass is 420 g/mol. The van der Waals surface area contributed by atoms with E-state index in [1.165, 1.54) is 11.8 Å². The molecule has 0 saturated carbocycles. The van der Waals surface area contributed by atoms with Gasteiger partial charge in [-0.15, -0.1) is 0 Å². The van der Waals surface area contributed by atoms with Crippen LogP contribution < -0.4 is 10.1 Å². The molecule has 0 aliphatic carbocycles. The predicted octanol–water partition coefficient (Wildman–Crippen LogP) is 2.33. The van der Waals surface area contributed by atoms with Crippen molar-refractivity contribution in [2.45, 2.75) is 58.7 Å². The molecule has 0 unspecified atom stereocenters. The molecule has 0 spiro atoms. The van der Waals surface area contributed by atoms with Gasteiger partial charge in [-0.3, -0.25) is 9.59 Å². The Balaban J connectivity index is 1.95. The maximum absolute atomic E-state index is 12.9. The van der Waals surface area contributed by atoms with Gasteiger partial charge in [0.25, 0.3) is 0 Å². The number of nitrogens with zero attached hydrogens (tertiary/aromatic N) is 1. The van der Waals surface area contributed by atoms with E-state index in [0.29, 0.717) is 37.1 Å². The van der Waals surface area contributed by atoms with E-state index in [1.54, 1.807) is 24.3 Å². The topological polar surface area (TPSA) is 122 Å². The Morgan fingerprint density at radius 3 is 2.43 bits per heavy atom. The average molecular weight is 420 g/mol. The average Bonchev–Trinajstić information content (AvgIpc) is 3.15. The third-order valence-corrected chi connectivity index (χ3v) is 4.67. The summed E-state index contributed by atoms with van der Waals surface area (Å²) in [5.41, 5.74) is 0.679. The number of hydrogen-bond acceptors (Lipinski definition) is 6. The van der Waals surface area contributed by atoms with Crippen molar-refractivity contribution in [3.8, 4) is 5.75 Å². The first-order chi connectivity index (χ1) is 14.2. The molecule has 2 atom stereocenters. The summed E-state index contributed by atoms with van der Waals surface area (Å²) in [6.45, 7) is 5.45. The molecule has 1 saturated heterocycles. The first-order valence-electron chi connectivity index (χ1n) is 9.91. The summed E-state index contributed by atoms with van der Waals surface area (Å²) in [6.07, 6.45) is 0.631. The van der Waals surface area contributed by atoms with Crippen LogP contribution in [0, 0.1) is 5.92 Å². The SMILES string of the molecule is CC(=O)Oc1ccc(COC(=O)N[C@@H](CC(C)C)C(=O)N2CCC[C@H]2C(=O)O)cc1. The fourth-order valence-electron chi connectivity index (χ4n) is 3.33. The van der Waals surface area contributed by atoms with Crippen LogP contribution in [-0.4, -0.2) is 52.6 Å². The molecule has 1 fully saturated rings. The van der Waals surface area contributed by atoms with Gasteiger partial charge in [0.15, 0.2) is 0 Å². The Kier molecular flexibility index (Phi) is 8.20. The quantitative estimate of drug-likeness (QED) is 0.489. The standard InChI is InChI=1S/C21H28N2O7/c1-13(2)11-17(19(25)23-10-4-5-18(23)20(26)27)22-21(28)29-12-15-6-8-16(9-7-15)30-14(3)24/h6-9,13,17-18H,4-5,10-12H2,1-3H3,(H,22,28)(H,26,27)/t17-,18-/m0/s1. The van der Waals surface area contributed by atoms with Gasteiger partial charge in [0.1, 0.15) is 24.4 Å². The highest BCUT2D eigenvalue weighted by Gasteiger charge is 2.37. The molecule has 9 nitrogen and oxygen atoms in total. The second-order valence-corrected chi connectivity index (χ2v) is 7.67. The number of ether oxygens (including phenoxy) is 2. The lowest BCUT2D eigenvalue weighted by molar-refractivity contribution is -0.149. The summed E-state index contributed by atoms with van der Waals surface area (Å²) in [7, 11) is 0. The maximum Gasteiger partial charge on any atom is 0.408 e. The Hall–Kier alpha value is -3.10. The highest BCUT2D eigenvalue weighted by atomic mass is 16.5. The number of likely N-dealkylation sites (tertiary alicyclic amines) is 1. The van der Waals surface area contributed by atoms with Gasteiger partial charge in [-0.2, -0.15) is 0 Å². The van der Waals surface area contributed by atoms with Gasteiger partial charge in [0.05, 0.1) is 0 Å². The van der Waals surface area contributed by atoms with E-state index in [4.69, 9.17) is 9.47 Å². The van der Waals surface area contributed by atoms with Crippen molar-refractivity contribution < 1.29 is 33.8 Å². The van der Waals surface area contributed by atoms with Gasteiger partial charge in [-0.05, 0) is 42.9 Å². The molecule has 1 heterocycles. The second-order valence-electron chi connectivity index (χ2n) is 7.67. The lowest BCUT2D eigenvalue weighted by Gasteiger charge is -2.28. The van der Waals surface area contributed by atoms with E-state index < -0.39 is 36.0 Å². The van der Waals surface area contributed by atoms with Crippen LogP contribution >= 0.6 is 0 Å². The number of hydrogen-bond donors (Lipinski definition) is 2. The van der Waals surface area contributed by atoms with E-state index >= 15 is 0 Å². The number of benzene rings is 1. The van der Waals surface area contributed by atoms with Crippen LogP contribution in [0.1, 0.15) is 45.6 Å². The molecule has 30 heavy (non-hydrogen) atoms. The van der Waals surface area contributed by atoms with Crippen molar-refractivity contribution in [3.05, 3.63) is 29.8 Å². The minimum Gasteiger partial charge on any atom is -0.480 e. The molecular formula is C21H28N2O7. The Morgan fingerprint density at radius 1 is 1.20 bits per heavy atom. The molecular weight excluding hydrogens is 392 g/mol. The van der Waals surface area contributed by atoms with Crippen molar-refractivity contribution in [3.63, 3.8) is 0 Å². The number of nitrogens with one attached hydrogen (secondary N) is 1. The summed E-state index contributed by atoms with van der Waals surface area (Å²) in [5, 5.41) is 11.9. The Labute approximate surface area is 175 Å². The maximum atomic E-state index is 12.9. The molecule has 2 rings (SSSR count).